The van der Waals surface area contributed by atoms with Crippen LogP contribution in [0.1, 0.15) is 15.9 Å². The Bertz CT molecular complexity index is 1210. The third kappa shape index (κ3) is 4.66. The number of rotatable bonds is 4. The predicted octanol–water partition coefficient (Wildman–Crippen LogP) is 0.876. The van der Waals surface area contributed by atoms with Gasteiger partial charge in [-0.05, 0) is 36.1 Å². The third-order valence-electron chi connectivity index (χ3n) is 3.87. The Morgan fingerprint density at radius 3 is 2.39 bits per heavy atom. The summed E-state index contributed by atoms with van der Waals surface area (Å²) in [5.41, 5.74) is -0.173. The number of carboxylic acid groups (broad SMARTS) is 1. The van der Waals surface area contributed by atoms with Crippen LogP contribution in [0.3, 0.4) is 0 Å². The van der Waals surface area contributed by atoms with E-state index in [2.05, 4.69) is 10.2 Å². The Morgan fingerprint density at radius 2 is 1.75 bits per heavy atom. The van der Waals surface area contributed by atoms with Crippen molar-refractivity contribution >= 4 is 38.2 Å². The van der Waals surface area contributed by atoms with Gasteiger partial charge in [0.2, 0.25) is 0 Å². The Kier molecular flexibility index (Phi) is 7.10. The predicted molar refractivity (Wildman–Crippen MR) is 95.9 cm³/mol. The number of aromatic hydroxyl groups is 1. The minimum Gasteiger partial charge on any atom is -0.744 e. The first-order valence-electron chi connectivity index (χ1n) is 7.65. The summed E-state index contributed by atoms with van der Waals surface area (Å²) in [7, 11) is -4.79. The van der Waals surface area contributed by atoms with Crippen molar-refractivity contribution in [3.05, 3.63) is 59.7 Å². The van der Waals surface area contributed by atoms with Crippen molar-refractivity contribution in [2.75, 3.05) is 0 Å². The number of nitrogens with zero attached hydrogens (tertiary/aromatic N) is 2. The molecule has 0 fully saturated rings. The number of azo groups is 1. The molecule has 3 aromatic rings. The van der Waals surface area contributed by atoms with Gasteiger partial charge < -0.3 is 14.8 Å². The summed E-state index contributed by atoms with van der Waals surface area (Å²) in [5.74, 6) is -1.96. The van der Waals surface area contributed by atoms with Gasteiger partial charge in [-0.15, -0.1) is 10.2 Å². The molecule has 0 saturated heterocycles. The topological polar surface area (TPSA) is 139 Å². The minimum atomic E-state index is -4.79. The van der Waals surface area contributed by atoms with Gasteiger partial charge in [0.25, 0.3) is 0 Å². The molecule has 0 unspecified atom stereocenters. The molecule has 0 spiro atoms. The molecule has 0 radical (unpaired) electrons. The smallest absolute Gasteiger partial charge is 0.744 e. The molecule has 0 saturated carbocycles. The van der Waals surface area contributed by atoms with Crippen LogP contribution in [0.4, 0.5) is 11.4 Å². The standard InChI is InChI=1S/C18H14N2O6S.K/c1-10-6-7-14(15(8-10)27(24,25)26)19-20-16-12-5-3-2-4-11(12)9-13(17(16)21)18(22)23;/h2-9,21H,1H3,(H,22,23)(H,24,25,26);/q;+1/p-1. The molecule has 0 bridgehead atoms. The average Bonchev–Trinajstić information content (AvgIpc) is 2.60. The molecule has 0 aromatic heterocycles. The summed E-state index contributed by atoms with van der Waals surface area (Å²) in [6, 6.07) is 11.9. The number of carbonyl (C=O) groups is 1. The van der Waals surface area contributed by atoms with Gasteiger partial charge in [-0.25, -0.2) is 13.2 Å². The van der Waals surface area contributed by atoms with Crippen LogP contribution in [0.5, 0.6) is 5.75 Å². The first kappa shape index (κ1) is 22.6. The number of hydrogen-bond acceptors (Lipinski definition) is 7. The van der Waals surface area contributed by atoms with Crippen LogP contribution in [0.25, 0.3) is 10.8 Å². The monoisotopic (exact) mass is 424 g/mol. The fourth-order valence-electron chi connectivity index (χ4n) is 2.59. The fourth-order valence-corrected chi connectivity index (χ4v) is 3.29. The van der Waals surface area contributed by atoms with Crippen LogP contribution in [-0.4, -0.2) is 29.2 Å². The molecule has 28 heavy (non-hydrogen) atoms. The molecule has 0 aliphatic carbocycles. The average molecular weight is 424 g/mol. The number of carboxylic acids is 1. The van der Waals surface area contributed by atoms with Crippen LogP contribution in [0, 0.1) is 6.92 Å². The van der Waals surface area contributed by atoms with Crippen molar-refractivity contribution in [3.63, 3.8) is 0 Å². The molecular weight excluding hydrogens is 411 g/mol. The minimum absolute atomic E-state index is 0. The van der Waals surface area contributed by atoms with Gasteiger partial charge >= 0.3 is 57.4 Å². The zero-order valence-electron chi connectivity index (χ0n) is 14.9. The summed E-state index contributed by atoms with van der Waals surface area (Å²) in [6.45, 7) is 1.62. The Balaban J connectivity index is 0.00000280. The fraction of sp³-hybridized carbons (Fsp3) is 0.0556. The van der Waals surface area contributed by atoms with Crippen LogP contribution < -0.4 is 51.4 Å². The number of benzene rings is 3. The van der Waals surface area contributed by atoms with Crippen LogP contribution in [0.15, 0.2) is 63.7 Å². The molecule has 2 N–H and O–H groups in total. The number of fused-ring (bicyclic) bond motifs is 1. The SMILES string of the molecule is Cc1ccc(N=Nc2c(O)c(C(=O)O)cc3ccccc23)c(S(=O)(=O)[O-])c1.[K+]. The number of phenols is 1. The zero-order chi connectivity index (χ0) is 19.8. The van der Waals surface area contributed by atoms with E-state index < -0.39 is 26.7 Å². The Hall–Kier alpha value is -1.66. The summed E-state index contributed by atoms with van der Waals surface area (Å²) >= 11 is 0. The number of aromatic carboxylic acids is 1. The maximum Gasteiger partial charge on any atom is 1.00 e. The van der Waals surface area contributed by atoms with Crippen molar-refractivity contribution in [1.29, 1.82) is 0 Å². The molecule has 138 valence electrons. The van der Waals surface area contributed by atoms with Crippen molar-refractivity contribution < 1.29 is 79.4 Å². The van der Waals surface area contributed by atoms with Crippen molar-refractivity contribution in [2.24, 2.45) is 10.2 Å². The van der Waals surface area contributed by atoms with Crippen molar-refractivity contribution in [3.8, 4) is 5.75 Å². The Labute approximate surface area is 203 Å². The molecule has 0 aliphatic rings. The van der Waals surface area contributed by atoms with Crippen molar-refractivity contribution in [2.45, 2.75) is 11.8 Å². The summed E-state index contributed by atoms with van der Waals surface area (Å²) < 4.78 is 34.4. The van der Waals surface area contributed by atoms with Gasteiger partial charge in [0, 0.05) is 5.39 Å². The second-order valence-electron chi connectivity index (χ2n) is 5.77. The van der Waals surface area contributed by atoms with E-state index >= 15 is 0 Å². The van der Waals surface area contributed by atoms with Crippen LogP contribution >= 0.6 is 0 Å². The molecule has 0 aliphatic heterocycles. The molecule has 0 amide bonds. The van der Waals surface area contributed by atoms with Gasteiger partial charge in [0.1, 0.15) is 27.1 Å². The second kappa shape index (κ2) is 8.78. The van der Waals surface area contributed by atoms with Gasteiger partial charge in [0.15, 0.2) is 5.75 Å². The van der Waals surface area contributed by atoms with Crippen LogP contribution in [0.2, 0.25) is 0 Å². The first-order chi connectivity index (χ1) is 12.7. The summed E-state index contributed by atoms with van der Waals surface area (Å²) in [5, 5.41) is 28.1. The van der Waals surface area contributed by atoms with Gasteiger partial charge in [0.05, 0.1) is 4.90 Å². The van der Waals surface area contributed by atoms with Crippen molar-refractivity contribution in [1.82, 2.24) is 0 Å². The molecule has 3 rings (SSSR count). The molecule has 0 heterocycles. The van der Waals surface area contributed by atoms with Crippen LogP contribution in [-0.2, 0) is 10.1 Å². The molecule has 3 aromatic carbocycles. The molecule has 8 nitrogen and oxygen atoms in total. The van der Waals surface area contributed by atoms with E-state index in [4.69, 9.17) is 0 Å². The van der Waals surface area contributed by atoms with E-state index in [1.807, 2.05) is 0 Å². The number of aryl methyl sites for hydroxylation is 1. The third-order valence-corrected chi connectivity index (χ3v) is 4.73. The zero-order valence-corrected chi connectivity index (χ0v) is 18.9. The molecule has 0 atom stereocenters. The van der Waals surface area contributed by atoms with E-state index in [0.29, 0.717) is 16.3 Å². The molecule has 10 heteroatoms. The maximum absolute atomic E-state index is 11.5. The van der Waals surface area contributed by atoms with Gasteiger partial charge in [-0.1, -0.05) is 30.3 Å². The normalized spacial score (nSPS) is 11.5. The van der Waals surface area contributed by atoms with E-state index in [0.717, 1.165) is 0 Å². The Morgan fingerprint density at radius 1 is 1.07 bits per heavy atom. The first-order valence-corrected chi connectivity index (χ1v) is 9.05. The van der Waals surface area contributed by atoms with E-state index in [-0.39, 0.29) is 68.3 Å². The number of hydrogen-bond donors (Lipinski definition) is 2. The quantitative estimate of drug-likeness (QED) is 0.362. The van der Waals surface area contributed by atoms with E-state index in [9.17, 15) is 28.0 Å². The summed E-state index contributed by atoms with van der Waals surface area (Å²) in [6.07, 6.45) is 0. The second-order valence-corrected chi connectivity index (χ2v) is 7.12. The van der Waals surface area contributed by atoms with E-state index in [1.165, 1.54) is 18.2 Å². The largest absolute Gasteiger partial charge is 1.00 e. The van der Waals surface area contributed by atoms with Gasteiger partial charge in [-0.3, -0.25) is 0 Å². The van der Waals surface area contributed by atoms with Gasteiger partial charge in [-0.2, -0.15) is 0 Å². The maximum atomic E-state index is 11.5. The summed E-state index contributed by atoms with van der Waals surface area (Å²) in [4.78, 5) is 10.8. The van der Waals surface area contributed by atoms with E-state index in [1.54, 1.807) is 37.3 Å². The molecular formula is C18H13KN2O6S.